The molecule has 58 valence electrons. The van der Waals surface area contributed by atoms with E-state index in [1.165, 1.54) is 25.7 Å². The standard InChI is InChI=1S/C8H14OS/c1-2-7-3-5-8(9-10)6-4-7/h2,7-8,10H,1,3-6H2/p+1. The van der Waals surface area contributed by atoms with Crippen LogP contribution in [0.4, 0.5) is 0 Å². The van der Waals surface area contributed by atoms with E-state index in [-0.39, 0.29) is 0 Å². The zero-order chi connectivity index (χ0) is 7.40. The maximum atomic E-state index is 5.06. The van der Waals surface area contributed by atoms with Gasteiger partial charge in [-0.3, -0.25) is 0 Å². The highest BCUT2D eigenvalue weighted by molar-refractivity contribution is 7.53. The van der Waals surface area contributed by atoms with Crippen LogP contribution in [-0.2, 0) is 17.1 Å². The number of hydrogen-bond donors (Lipinski definition) is 0. The summed E-state index contributed by atoms with van der Waals surface area (Å²) in [4.78, 5) is 0. The van der Waals surface area contributed by atoms with E-state index >= 15 is 0 Å². The fraction of sp³-hybridized carbons (Fsp3) is 0.750. The van der Waals surface area contributed by atoms with Crippen molar-refractivity contribution in [1.82, 2.24) is 0 Å². The Hall–Kier alpha value is 0.0500. The molecule has 1 fully saturated rings. The van der Waals surface area contributed by atoms with Gasteiger partial charge >= 0.3 is 0 Å². The van der Waals surface area contributed by atoms with Crippen LogP contribution >= 0.6 is 0 Å². The molecule has 0 spiro atoms. The fourth-order valence-corrected chi connectivity index (χ4v) is 1.68. The summed E-state index contributed by atoms with van der Waals surface area (Å²) in [6.07, 6.45) is 7.30. The molecule has 0 aromatic heterocycles. The summed E-state index contributed by atoms with van der Waals surface area (Å²) in [5, 5.41) is 0. The Morgan fingerprint density at radius 1 is 1.30 bits per heavy atom. The molecule has 0 radical (unpaired) electrons. The predicted octanol–water partition coefficient (Wildman–Crippen LogP) is 1.67. The summed E-state index contributed by atoms with van der Waals surface area (Å²) in [5.41, 5.74) is 0. The van der Waals surface area contributed by atoms with Crippen molar-refractivity contribution in [3.05, 3.63) is 12.7 Å². The quantitative estimate of drug-likeness (QED) is 0.440. The minimum Gasteiger partial charge on any atom is -0.175 e. The zero-order valence-electron chi connectivity index (χ0n) is 6.18. The minimum absolute atomic E-state index is 0.438. The first-order valence-electron chi connectivity index (χ1n) is 3.81. The monoisotopic (exact) mass is 159 g/mol. The molecule has 0 saturated heterocycles. The molecule has 1 aliphatic carbocycles. The lowest BCUT2D eigenvalue weighted by atomic mass is 9.88. The van der Waals surface area contributed by atoms with Crippen LogP contribution in [0.5, 0.6) is 0 Å². The van der Waals surface area contributed by atoms with Crippen LogP contribution in [0.3, 0.4) is 0 Å². The summed E-state index contributed by atoms with van der Waals surface area (Å²) in [6.45, 7) is 3.78. The summed E-state index contributed by atoms with van der Waals surface area (Å²) in [5.74, 6) is 0.734. The molecule has 0 aromatic carbocycles. The van der Waals surface area contributed by atoms with E-state index < -0.39 is 0 Å². The number of allylic oxidation sites excluding steroid dienone is 1. The third-order valence-electron chi connectivity index (χ3n) is 2.22. The van der Waals surface area contributed by atoms with E-state index in [4.69, 9.17) is 4.18 Å². The van der Waals surface area contributed by atoms with Crippen molar-refractivity contribution in [1.29, 1.82) is 0 Å². The van der Waals surface area contributed by atoms with Crippen LogP contribution in [-0.4, -0.2) is 6.10 Å². The summed E-state index contributed by atoms with van der Waals surface area (Å²) >= 11 is 3.07. The molecule has 0 amide bonds. The second-order valence-electron chi connectivity index (χ2n) is 2.89. The molecule has 0 atom stereocenters. The molecule has 1 aliphatic rings. The number of rotatable bonds is 2. The molecule has 10 heavy (non-hydrogen) atoms. The first-order valence-corrected chi connectivity index (χ1v) is 4.22. The lowest BCUT2D eigenvalue weighted by Crippen LogP contribution is -2.18. The van der Waals surface area contributed by atoms with E-state index in [9.17, 15) is 0 Å². The van der Waals surface area contributed by atoms with E-state index in [1.807, 2.05) is 0 Å². The molecule has 1 saturated carbocycles. The average molecular weight is 159 g/mol. The highest BCUT2D eigenvalue weighted by Crippen LogP contribution is 2.26. The molecular weight excluding hydrogens is 144 g/mol. The smallest absolute Gasteiger partial charge is 0.118 e. The third kappa shape index (κ3) is 2.03. The molecular formula is C8H15OS+. The minimum atomic E-state index is 0.438. The SMILES string of the molecule is C=CC1CCC(O[SH2+])CC1. The second-order valence-corrected chi connectivity index (χ2v) is 3.13. The Morgan fingerprint density at radius 3 is 2.30 bits per heavy atom. The van der Waals surface area contributed by atoms with Crippen LogP contribution in [0.1, 0.15) is 25.7 Å². The van der Waals surface area contributed by atoms with Gasteiger partial charge in [0.05, 0.1) is 0 Å². The largest absolute Gasteiger partial charge is 0.175 e. The Bertz CT molecular complexity index is 106. The van der Waals surface area contributed by atoms with Crippen molar-refractivity contribution >= 4 is 12.9 Å². The fourth-order valence-electron chi connectivity index (χ4n) is 1.44. The Morgan fingerprint density at radius 2 is 1.90 bits per heavy atom. The average Bonchev–Trinajstić information content (AvgIpc) is 2.05. The first kappa shape index (κ1) is 8.15. The Kier molecular flexibility index (Phi) is 3.29. The van der Waals surface area contributed by atoms with Crippen molar-refractivity contribution in [2.24, 2.45) is 5.92 Å². The van der Waals surface area contributed by atoms with Gasteiger partial charge in [-0.2, -0.15) is 4.18 Å². The molecule has 0 aromatic rings. The molecule has 1 rings (SSSR count). The molecule has 0 N–H and O–H groups in total. The molecule has 0 unspecified atom stereocenters. The molecule has 1 nitrogen and oxygen atoms in total. The molecule has 0 aliphatic heterocycles. The highest BCUT2D eigenvalue weighted by Gasteiger charge is 2.20. The van der Waals surface area contributed by atoms with Gasteiger partial charge in [-0.1, -0.05) is 6.08 Å². The molecule has 2 heteroatoms. The van der Waals surface area contributed by atoms with Gasteiger partial charge in [0, 0.05) is 0 Å². The van der Waals surface area contributed by atoms with Crippen LogP contribution in [0.25, 0.3) is 0 Å². The van der Waals surface area contributed by atoms with Crippen LogP contribution in [0.2, 0.25) is 0 Å². The van der Waals surface area contributed by atoms with E-state index in [2.05, 4.69) is 25.6 Å². The van der Waals surface area contributed by atoms with Gasteiger partial charge in [-0.25, -0.2) is 0 Å². The maximum Gasteiger partial charge on any atom is 0.118 e. The highest BCUT2D eigenvalue weighted by atomic mass is 32.1. The zero-order valence-corrected chi connectivity index (χ0v) is 7.18. The topological polar surface area (TPSA) is 9.23 Å². The second kappa shape index (κ2) is 4.04. The van der Waals surface area contributed by atoms with Crippen LogP contribution in [0.15, 0.2) is 12.7 Å². The third-order valence-corrected chi connectivity index (χ3v) is 2.55. The maximum absolute atomic E-state index is 5.06. The van der Waals surface area contributed by atoms with Gasteiger partial charge in [0.2, 0.25) is 0 Å². The van der Waals surface area contributed by atoms with Crippen molar-refractivity contribution < 1.29 is 4.18 Å². The lowest BCUT2D eigenvalue weighted by Gasteiger charge is -2.22. The first-order chi connectivity index (χ1) is 4.86. The van der Waals surface area contributed by atoms with Crippen LogP contribution in [0, 0.1) is 5.92 Å². The van der Waals surface area contributed by atoms with Gasteiger partial charge < -0.3 is 0 Å². The van der Waals surface area contributed by atoms with Gasteiger partial charge in [-0.15, -0.1) is 6.58 Å². The van der Waals surface area contributed by atoms with Crippen molar-refractivity contribution in [2.45, 2.75) is 31.8 Å². The van der Waals surface area contributed by atoms with Crippen LogP contribution < -0.4 is 0 Å². The summed E-state index contributed by atoms with van der Waals surface area (Å²) in [7, 11) is 0. The van der Waals surface area contributed by atoms with E-state index in [0.717, 1.165) is 5.92 Å². The molecule has 0 heterocycles. The summed E-state index contributed by atoms with van der Waals surface area (Å²) < 4.78 is 5.06. The predicted molar refractivity (Wildman–Crippen MR) is 47.2 cm³/mol. The normalized spacial score (nSPS) is 33.7. The summed E-state index contributed by atoms with van der Waals surface area (Å²) in [6, 6.07) is 0. The van der Waals surface area contributed by atoms with Crippen molar-refractivity contribution in [3.8, 4) is 0 Å². The lowest BCUT2D eigenvalue weighted by molar-refractivity contribution is 0.170. The van der Waals surface area contributed by atoms with E-state index in [0.29, 0.717) is 6.10 Å². The van der Waals surface area contributed by atoms with E-state index in [1.54, 1.807) is 0 Å². The van der Waals surface area contributed by atoms with Gasteiger partial charge in [0.1, 0.15) is 19.0 Å². The van der Waals surface area contributed by atoms with Gasteiger partial charge in [-0.05, 0) is 31.6 Å². The van der Waals surface area contributed by atoms with Crippen molar-refractivity contribution in [2.75, 3.05) is 0 Å². The molecule has 0 bridgehead atoms. The van der Waals surface area contributed by atoms with Gasteiger partial charge in [0.15, 0.2) is 0 Å². The van der Waals surface area contributed by atoms with Gasteiger partial charge in [0.25, 0.3) is 0 Å². The Labute approximate surface area is 68.1 Å². The number of hydrogen-bond acceptors (Lipinski definition) is 1. The Balaban J connectivity index is 2.23. The van der Waals surface area contributed by atoms with Crippen molar-refractivity contribution in [3.63, 3.8) is 0 Å².